The van der Waals surface area contributed by atoms with Crippen LogP contribution in [0.3, 0.4) is 0 Å². The van der Waals surface area contributed by atoms with Crippen molar-refractivity contribution in [3.05, 3.63) is 28.9 Å². The maximum Gasteiger partial charge on any atom is 0.161 e. The number of benzene rings is 1. The van der Waals surface area contributed by atoms with Crippen molar-refractivity contribution in [2.45, 2.75) is 19.8 Å². The molecule has 0 unspecified atom stereocenters. The number of ether oxygens (including phenoxy) is 1. The van der Waals surface area contributed by atoms with Crippen molar-refractivity contribution in [2.75, 3.05) is 7.11 Å². The summed E-state index contributed by atoms with van der Waals surface area (Å²) in [4.78, 5) is 3.17. The SMILES string of the molecule is COc1c(Cl)cc(C(C)C)c2cc[nH]c12. The van der Waals surface area contributed by atoms with Crippen molar-refractivity contribution < 1.29 is 4.74 Å². The first-order valence-corrected chi connectivity index (χ1v) is 5.36. The molecule has 2 nitrogen and oxygen atoms in total. The number of hydrogen-bond donors (Lipinski definition) is 1. The molecule has 15 heavy (non-hydrogen) atoms. The Balaban J connectivity index is 2.80. The van der Waals surface area contributed by atoms with Gasteiger partial charge >= 0.3 is 0 Å². The molecule has 0 spiro atoms. The average Bonchev–Trinajstić information content (AvgIpc) is 2.64. The molecule has 1 aromatic heterocycles. The fourth-order valence-electron chi connectivity index (χ4n) is 1.87. The molecule has 0 saturated heterocycles. The lowest BCUT2D eigenvalue weighted by atomic mass is 9.99. The van der Waals surface area contributed by atoms with E-state index in [1.165, 1.54) is 10.9 Å². The molecule has 1 aromatic carbocycles. The maximum absolute atomic E-state index is 6.16. The fraction of sp³-hybridized carbons (Fsp3) is 0.333. The fourth-order valence-corrected chi connectivity index (χ4v) is 2.16. The maximum atomic E-state index is 6.16. The van der Waals surface area contributed by atoms with Gasteiger partial charge in [-0.3, -0.25) is 0 Å². The monoisotopic (exact) mass is 223 g/mol. The third-order valence-corrected chi connectivity index (χ3v) is 2.89. The zero-order valence-electron chi connectivity index (χ0n) is 9.10. The number of nitrogens with one attached hydrogen (secondary N) is 1. The Bertz CT molecular complexity index is 488. The molecule has 0 atom stereocenters. The van der Waals surface area contributed by atoms with Gasteiger partial charge in [0.2, 0.25) is 0 Å². The molecule has 3 heteroatoms. The minimum atomic E-state index is 0.451. The van der Waals surface area contributed by atoms with Crippen LogP contribution in [0.2, 0.25) is 5.02 Å². The van der Waals surface area contributed by atoms with Crippen molar-refractivity contribution in [1.82, 2.24) is 4.98 Å². The minimum absolute atomic E-state index is 0.451. The number of halogens is 1. The van der Waals surface area contributed by atoms with Crippen molar-refractivity contribution in [3.8, 4) is 5.75 Å². The molecule has 2 aromatic rings. The number of aromatic nitrogens is 1. The van der Waals surface area contributed by atoms with E-state index < -0.39 is 0 Å². The Morgan fingerprint density at radius 3 is 2.73 bits per heavy atom. The average molecular weight is 224 g/mol. The zero-order valence-corrected chi connectivity index (χ0v) is 9.85. The van der Waals surface area contributed by atoms with E-state index in [-0.39, 0.29) is 0 Å². The molecule has 0 aliphatic carbocycles. The van der Waals surface area contributed by atoms with Crippen molar-refractivity contribution in [1.29, 1.82) is 0 Å². The molecule has 0 radical (unpaired) electrons. The molecule has 0 bridgehead atoms. The number of rotatable bonds is 2. The molecule has 80 valence electrons. The Kier molecular flexibility index (Phi) is 2.61. The summed E-state index contributed by atoms with van der Waals surface area (Å²) in [6.07, 6.45) is 1.91. The predicted molar refractivity (Wildman–Crippen MR) is 63.9 cm³/mol. The Labute approximate surface area is 94.2 Å². The summed E-state index contributed by atoms with van der Waals surface area (Å²) in [6, 6.07) is 4.05. The van der Waals surface area contributed by atoms with E-state index in [2.05, 4.69) is 24.9 Å². The molecule has 0 aliphatic rings. The molecular formula is C12H14ClNO. The second-order valence-electron chi connectivity index (χ2n) is 3.90. The van der Waals surface area contributed by atoms with E-state index in [4.69, 9.17) is 16.3 Å². The van der Waals surface area contributed by atoms with E-state index in [0.29, 0.717) is 10.9 Å². The predicted octanol–water partition coefficient (Wildman–Crippen LogP) is 3.95. The van der Waals surface area contributed by atoms with E-state index in [9.17, 15) is 0 Å². The smallest absolute Gasteiger partial charge is 0.161 e. The molecule has 1 N–H and O–H groups in total. The van der Waals surface area contributed by atoms with E-state index in [1.54, 1.807) is 7.11 Å². The van der Waals surface area contributed by atoms with E-state index in [0.717, 1.165) is 11.3 Å². The topological polar surface area (TPSA) is 25.0 Å². The Hall–Kier alpha value is -1.15. The second kappa shape index (κ2) is 3.78. The standard InChI is InChI=1S/C12H14ClNO/c1-7(2)9-6-10(13)12(15-3)11-8(9)4-5-14-11/h4-7,14H,1-3H3. The number of methoxy groups -OCH3 is 1. The normalized spacial score (nSPS) is 11.3. The highest BCUT2D eigenvalue weighted by Crippen LogP contribution is 2.37. The summed E-state index contributed by atoms with van der Waals surface area (Å²) in [5.41, 5.74) is 2.23. The lowest BCUT2D eigenvalue weighted by Gasteiger charge is -2.11. The summed E-state index contributed by atoms with van der Waals surface area (Å²) in [6.45, 7) is 4.31. The highest BCUT2D eigenvalue weighted by Gasteiger charge is 2.13. The quantitative estimate of drug-likeness (QED) is 0.819. The summed E-state index contributed by atoms with van der Waals surface area (Å²) in [7, 11) is 1.64. The van der Waals surface area contributed by atoms with Gasteiger partial charge in [-0.25, -0.2) is 0 Å². The van der Waals surface area contributed by atoms with Crippen LogP contribution in [0.15, 0.2) is 18.3 Å². The molecule has 0 saturated carbocycles. The summed E-state index contributed by atoms with van der Waals surface area (Å²) in [5, 5.41) is 1.85. The van der Waals surface area contributed by atoms with Gasteiger partial charge in [0.25, 0.3) is 0 Å². The van der Waals surface area contributed by atoms with Gasteiger partial charge in [-0.1, -0.05) is 25.4 Å². The highest BCUT2D eigenvalue weighted by atomic mass is 35.5. The number of hydrogen-bond acceptors (Lipinski definition) is 1. The van der Waals surface area contributed by atoms with Crippen LogP contribution in [-0.2, 0) is 0 Å². The lowest BCUT2D eigenvalue weighted by molar-refractivity contribution is 0.419. The van der Waals surface area contributed by atoms with E-state index in [1.807, 2.05) is 12.3 Å². The lowest BCUT2D eigenvalue weighted by Crippen LogP contribution is -1.92. The van der Waals surface area contributed by atoms with Gasteiger partial charge in [-0.15, -0.1) is 0 Å². The van der Waals surface area contributed by atoms with Gasteiger partial charge in [0.1, 0.15) is 0 Å². The van der Waals surface area contributed by atoms with Crippen LogP contribution in [0, 0.1) is 0 Å². The first-order valence-electron chi connectivity index (χ1n) is 4.98. The van der Waals surface area contributed by atoms with E-state index >= 15 is 0 Å². The molecule has 1 heterocycles. The molecular weight excluding hydrogens is 210 g/mol. The van der Waals surface area contributed by atoms with Gasteiger partial charge in [-0.05, 0) is 23.6 Å². The van der Waals surface area contributed by atoms with Crippen LogP contribution < -0.4 is 4.74 Å². The third-order valence-electron chi connectivity index (χ3n) is 2.61. The van der Waals surface area contributed by atoms with Crippen LogP contribution in [0.4, 0.5) is 0 Å². The number of fused-ring (bicyclic) bond motifs is 1. The minimum Gasteiger partial charge on any atom is -0.493 e. The van der Waals surface area contributed by atoms with Gasteiger partial charge < -0.3 is 9.72 Å². The molecule has 2 rings (SSSR count). The van der Waals surface area contributed by atoms with Crippen LogP contribution in [0.5, 0.6) is 5.75 Å². The summed E-state index contributed by atoms with van der Waals surface area (Å²) >= 11 is 6.16. The first kappa shape index (κ1) is 10.4. The largest absolute Gasteiger partial charge is 0.493 e. The van der Waals surface area contributed by atoms with Crippen LogP contribution in [0.25, 0.3) is 10.9 Å². The highest BCUT2D eigenvalue weighted by molar-refractivity contribution is 6.33. The molecule has 0 aliphatic heterocycles. The zero-order chi connectivity index (χ0) is 11.0. The Morgan fingerprint density at radius 2 is 2.13 bits per heavy atom. The number of aromatic amines is 1. The number of H-pyrrole nitrogens is 1. The first-order chi connectivity index (χ1) is 7.15. The molecule has 0 amide bonds. The second-order valence-corrected chi connectivity index (χ2v) is 4.31. The van der Waals surface area contributed by atoms with Crippen molar-refractivity contribution in [3.63, 3.8) is 0 Å². The van der Waals surface area contributed by atoms with Crippen molar-refractivity contribution >= 4 is 22.5 Å². The Morgan fingerprint density at radius 1 is 1.40 bits per heavy atom. The van der Waals surface area contributed by atoms with Gasteiger partial charge in [0.05, 0.1) is 17.6 Å². The molecule has 0 fully saturated rings. The van der Waals surface area contributed by atoms with Gasteiger partial charge in [0, 0.05) is 11.6 Å². The van der Waals surface area contributed by atoms with Gasteiger partial charge in [-0.2, -0.15) is 0 Å². The summed E-state index contributed by atoms with van der Waals surface area (Å²) < 4.78 is 5.29. The van der Waals surface area contributed by atoms with Crippen LogP contribution in [-0.4, -0.2) is 12.1 Å². The van der Waals surface area contributed by atoms with Crippen LogP contribution in [0.1, 0.15) is 25.3 Å². The van der Waals surface area contributed by atoms with Crippen LogP contribution >= 0.6 is 11.6 Å². The van der Waals surface area contributed by atoms with Crippen molar-refractivity contribution in [2.24, 2.45) is 0 Å². The van der Waals surface area contributed by atoms with Gasteiger partial charge in [0.15, 0.2) is 5.75 Å². The third kappa shape index (κ3) is 1.59. The summed E-state index contributed by atoms with van der Waals surface area (Å²) in [5.74, 6) is 1.17.